The summed E-state index contributed by atoms with van der Waals surface area (Å²) in [5, 5.41) is 10.0. The molecule has 1 amide bonds. The number of aromatic nitrogens is 4. The van der Waals surface area contributed by atoms with Crippen LogP contribution in [0.3, 0.4) is 0 Å². The average molecular weight is 360 g/mol. The van der Waals surface area contributed by atoms with Crippen molar-refractivity contribution in [1.82, 2.24) is 24.9 Å². The molecule has 1 saturated heterocycles. The summed E-state index contributed by atoms with van der Waals surface area (Å²) in [5.41, 5.74) is 0.874. The maximum atomic E-state index is 12.7. The standard InChI is InChI=1S/C15H16N6OS2/c1-9-12(24-20-19-9)7-16-14(22)11-3-2-5-21(11)13-10-4-6-23-15(10)18-8-17-13/h4,6,8,11H,2-3,5,7H2,1H3,(H,16,22). The highest BCUT2D eigenvalue weighted by Crippen LogP contribution is 2.31. The van der Waals surface area contributed by atoms with Gasteiger partial charge in [0.25, 0.3) is 0 Å². The van der Waals surface area contributed by atoms with Gasteiger partial charge in [0.2, 0.25) is 5.91 Å². The minimum absolute atomic E-state index is 0.0299. The van der Waals surface area contributed by atoms with Gasteiger partial charge in [-0.3, -0.25) is 4.79 Å². The zero-order valence-corrected chi connectivity index (χ0v) is 14.7. The Morgan fingerprint density at radius 3 is 3.21 bits per heavy atom. The van der Waals surface area contributed by atoms with E-state index < -0.39 is 0 Å². The number of nitrogens with zero attached hydrogens (tertiary/aromatic N) is 5. The highest BCUT2D eigenvalue weighted by atomic mass is 32.1. The van der Waals surface area contributed by atoms with Crippen molar-refractivity contribution in [1.29, 1.82) is 0 Å². The molecule has 0 spiro atoms. The lowest BCUT2D eigenvalue weighted by Crippen LogP contribution is -2.43. The van der Waals surface area contributed by atoms with E-state index in [9.17, 15) is 4.79 Å². The Morgan fingerprint density at radius 1 is 1.46 bits per heavy atom. The van der Waals surface area contributed by atoms with Gasteiger partial charge in [0, 0.05) is 6.54 Å². The maximum absolute atomic E-state index is 12.7. The minimum Gasteiger partial charge on any atom is -0.349 e. The first-order chi connectivity index (χ1) is 11.7. The molecular formula is C15H16N6OS2. The van der Waals surface area contributed by atoms with Crippen LogP contribution in [0.25, 0.3) is 10.2 Å². The third-order valence-electron chi connectivity index (χ3n) is 4.24. The number of aryl methyl sites for hydroxylation is 1. The summed E-state index contributed by atoms with van der Waals surface area (Å²) in [5.74, 6) is 0.886. The number of anilines is 1. The van der Waals surface area contributed by atoms with Crippen molar-refractivity contribution in [3.8, 4) is 0 Å². The number of rotatable bonds is 4. The number of carbonyl (C=O) groups is 1. The quantitative estimate of drug-likeness (QED) is 0.767. The first-order valence-electron chi connectivity index (χ1n) is 7.74. The molecule has 3 aromatic heterocycles. The van der Waals surface area contributed by atoms with E-state index in [1.165, 1.54) is 11.5 Å². The molecule has 4 heterocycles. The largest absolute Gasteiger partial charge is 0.349 e. The van der Waals surface area contributed by atoms with E-state index in [1.54, 1.807) is 17.7 Å². The van der Waals surface area contributed by atoms with Gasteiger partial charge in [0.05, 0.1) is 22.5 Å². The van der Waals surface area contributed by atoms with Gasteiger partial charge in [-0.15, -0.1) is 16.4 Å². The molecule has 24 heavy (non-hydrogen) atoms. The number of hydrogen-bond acceptors (Lipinski definition) is 8. The van der Waals surface area contributed by atoms with E-state index in [2.05, 4.69) is 29.8 Å². The molecular weight excluding hydrogens is 344 g/mol. The maximum Gasteiger partial charge on any atom is 0.243 e. The Kier molecular flexibility index (Phi) is 4.11. The molecule has 124 valence electrons. The fourth-order valence-electron chi connectivity index (χ4n) is 3.00. The van der Waals surface area contributed by atoms with Gasteiger partial charge in [0.15, 0.2) is 0 Å². The van der Waals surface area contributed by atoms with E-state index in [1.807, 2.05) is 18.4 Å². The Labute approximate surface area is 146 Å². The van der Waals surface area contributed by atoms with Crippen LogP contribution in [0.4, 0.5) is 5.82 Å². The van der Waals surface area contributed by atoms with Gasteiger partial charge < -0.3 is 10.2 Å². The van der Waals surface area contributed by atoms with Crippen LogP contribution in [0.2, 0.25) is 0 Å². The predicted molar refractivity (Wildman–Crippen MR) is 94.3 cm³/mol. The second-order valence-electron chi connectivity index (χ2n) is 5.69. The molecule has 0 bridgehead atoms. The van der Waals surface area contributed by atoms with Crippen LogP contribution in [-0.4, -0.2) is 38.0 Å². The molecule has 1 atom stereocenters. The van der Waals surface area contributed by atoms with Gasteiger partial charge in [-0.25, -0.2) is 9.97 Å². The lowest BCUT2D eigenvalue weighted by atomic mass is 10.2. The molecule has 9 heteroatoms. The van der Waals surface area contributed by atoms with E-state index in [-0.39, 0.29) is 11.9 Å². The van der Waals surface area contributed by atoms with Gasteiger partial charge in [-0.05, 0) is 42.7 Å². The zero-order chi connectivity index (χ0) is 16.5. The first kappa shape index (κ1) is 15.4. The van der Waals surface area contributed by atoms with E-state index >= 15 is 0 Å². The molecule has 4 rings (SSSR count). The Balaban J connectivity index is 1.53. The van der Waals surface area contributed by atoms with Crippen molar-refractivity contribution in [2.45, 2.75) is 32.4 Å². The van der Waals surface area contributed by atoms with Crippen LogP contribution in [0.5, 0.6) is 0 Å². The number of fused-ring (bicyclic) bond motifs is 1. The molecule has 0 aromatic carbocycles. The van der Waals surface area contributed by atoms with Crippen LogP contribution in [0.15, 0.2) is 17.8 Å². The van der Waals surface area contributed by atoms with Crippen molar-refractivity contribution in [2.24, 2.45) is 0 Å². The van der Waals surface area contributed by atoms with E-state index in [0.717, 1.165) is 46.0 Å². The Bertz CT molecular complexity index is 876. The van der Waals surface area contributed by atoms with Crippen LogP contribution in [-0.2, 0) is 11.3 Å². The molecule has 0 saturated carbocycles. The van der Waals surface area contributed by atoms with Crippen molar-refractivity contribution in [2.75, 3.05) is 11.4 Å². The Morgan fingerprint density at radius 2 is 2.38 bits per heavy atom. The monoisotopic (exact) mass is 360 g/mol. The molecule has 1 unspecified atom stereocenters. The summed E-state index contributed by atoms with van der Waals surface area (Å²) >= 11 is 2.91. The molecule has 0 radical (unpaired) electrons. The van der Waals surface area contributed by atoms with Crippen molar-refractivity contribution in [3.63, 3.8) is 0 Å². The summed E-state index contributed by atoms with van der Waals surface area (Å²) in [6.45, 7) is 3.21. The summed E-state index contributed by atoms with van der Waals surface area (Å²) in [4.78, 5) is 25.5. The van der Waals surface area contributed by atoms with Gasteiger partial charge in [-0.1, -0.05) is 4.49 Å². The predicted octanol–water partition coefficient (Wildman–Crippen LogP) is 2.14. The number of amides is 1. The molecule has 1 aliphatic heterocycles. The third kappa shape index (κ3) is 2.73. The SMILES string of the molecule is Cc1nnsc1CNC(=O)C1CCCN1c1ncnc2sccc12. The molecule has 0 aliphatic carbocycles. The van der Waals surface area contributed by atoms with Crippen molar-refractivity contribution in [3.05, 3.63) is 28.3 Å². The highest BCUT2D eigenvalue weighted by molar-refractivity contribution is 7.16. The van der Waals surface area contributed by atoms with Gasteiger partial charge in [-0.2, -0.15) is 0 Å². The number of carbonyl (C=O) groups excluding carboxylic acids is 1. The normalized spacial score (nSPS) is 17.5. The summed E-state index contributed by atoms with van der Waals surface area (Å²) in [7, 11) is 0. The number of nitrogens with one attached hydrogen (secondary N) is 1. The third-order valence-corrected chi connectivity index (χ3v) is 5.88. The van der Waals surface area contributed by atoms with E-state index in [4.69, 9.17) is 0 Å². The fraction of sp³-hybridized carbons (Fsp3) is 0.400. The minimum atomic E-state index is -0.191. The summed E-state index contributed by atoms with van der Waals surface area (Å²) in [6.07, 6.45) is 3.39. The Hall–Kier alpha value is -2.13. The number of thiophene rings is 1. The second-order valence-corrected chi connectivity index (χ2v) is 7.42. The zero-order valence-electron chi connectivity index (χ0n) is 13.1. The van der Waals surface area contributed by atoms with E-state index in [0.29, 0.717) is 6.54 Å². The van der Waals surface area contributed by atoms with Gasteiger partial charge >= 0.3 is 0 Å². The lowest BCUT2D eigenvalue weighted by molar-refractivity contribution is -0.122. The average Bonchev–Trinajstić information content (AvgIpc) is 3.32. The molecule has 1 aliphatic rings. The first-order valence-corrected chi connectivity index (χ1v) is 9.39. The van der Waals surface area contributed by atoms with Crippen molar-refractivity contribution >= 4 is 44.8 Å². The lowest BCUT2D eigenvalue weighted by Gasteiger charge is -2.25. The van der Waals surface area contributed by atoms with Crippen LogP contribution in [0.1, 0.15) is 23.4 Å². The summed E-state index contributed by atoms with van der Waals surface area (Å²) in [6, 6.07) is 1.83. The molecule has 1 fully saturated rings. The number of hydrogen-bond donors (Lipinski definition) is 1. The highest BCUT2D eigenvalue weighted by Gasteiger charge is 2.32. The molecule has 3 aromatic rings. The fourth-order valence-corrected chi connectivity index (χ4v) is 4.30. The molecule has 1 N–H and O–H groups in total. The second kappa shape index (κ2) is 6.40. The van der Waals surface area contributed by atoms with Crippen molar-refractivity contribution < 1.29 is 4.79 Å². The summed E-state index contributed by atoms with van der Waals surface area (Å²) < 4.78 is 3.90. The molecule has 7 nitrogen and oxygen atoms in total. The van der Waals surface area contributed by atoms with Crippen LogP contribution in [0, 0.1) is 6.92 Å². The van der Waals surface area contributed by atoms with Gasteiger partial charge in [0.1, 0.15) is 23.0 Å². The topological polar surface area (TPSA) is 83.9 Å². The van der Waals surface area contributed by atoms with Crippen LogP contribution >= 0.6 is 22.9 Å². The smallest absolute Gasteiger partial charge is 0.243 e. The van der Waals surface area contributed by atoms with Crippen LogP contribution < -0.4 is 10.2 Å².